The second kappa shape index (κ2) is 17.0. The molecule has 8 rings (SSSR count). The third-order valence-electron chi connectivity index (χ3n) is 14.6. The zero-order chi connectivity index (χ0) is 50.3. The Morgan fingerprint density at radius 2 is 1.19 bits per heavy atom. The standard InChI is InChI=1S/C48H54N16O4S/c1-12-15-16-26(13-2)22-61-39(65)27(18-49)24(4)32(41(61)67)53-55-37-29(20-51)35(45(6,7)8)59-63(37)43-57-58-44(69-43)64-38(30(21-52)36(60-64)46(9,10)11)56-54-33-25(5)28(19-50)40(66)62(42(33)68)23-47(14-3)34-31-17-48(31,34)47/h26,31,34,67-68H,12-17,22-23H2,1-11H3. The van der Waals surface area contributed by atoms with E-state index in [4.69, 9.17) is 10.2 Å². The Morgan fingerprint density at radius 1 is 0.739 bits per heavy atom. The number of rotatable bonds is 15. The molecule has 69 heavy (non-hydrogen) atoms. The minimum Gasteiger partial charge on any atom is -0.493 e. The van der Waals surface area contributed by atoms with Gasteiger partial charge in [-0.1, -0.05) is 92.9 Å². The van der Waals surface area contributed by atoms with Crippen LogP contribution in [-0.4, -0.2) is 49.1 Å². The van der Waals surface area contributed by atoms with Gasteiger partial charge in [-0.15, -0.1) is 30.7 Å². The van der Waals surface area contributed by atoms with Gasteiger partial charge in [-0.3, -0.25) is 18.7 Å². The summed E-state index contributed by atoms with van der Waals surface area (Å²) in [6, 6.07) is 8.36. The predicted octanol–water partition coefficient (Wildman–Crippen LogP) is 9.44. The van der Waals surface area contributed by atoms with Crippen LogP contribution in [0, 0.1) is 87.8 Å². The lowest BCUT2D eigenvalue weighted by atomic mass is 9.89. The Morgan fingerprint density at radius 3 is 1.57 bits per heavy atom. The Balaban J connectivity index is 1.24. The minimum atomic E-state index is -0.701. The van der Waals surface area contributed by atoms with Gasteiger partial charge in [0.05, 0.1) is 11.4 Å². The molecule has 3 saturated carbocycles. The summed E-state index contributed by atoms with van der Waals surface area (Å²) in [4.78, 5) is 27.2. The second-order valence-electron chi connectivity index (χ2n) is 20.5. The molecule has 3 aliphatic carbocycles. The lowest BCUT2D eigenvalue weighted by molar-refractivity contribution is 0.269. The van der Waals surface area contributed by atoms with Crippen molar-refractivity contribution in [2.75, 3.05) is 0 Å². The van der Waals surface area contributed by atoms with Crippen molar-refractivity contribution >= 4 is 34.3 Å². The van der Waals surface area contributed by atoms with Crippen molar-refractivity contribution in [1.82, 2.24) is 38.9 Å². The van der Waals surface area contributed by atoms with Crippen LogP contribution in [0.25, 0.3) is 10.3 Å². The van der Waals surface area contributed by atoms with E-state index < -0.39 is 33.7 Å². The van der Waals surface area contributed by atoms with Crippen molar-refractivity contribution in [3.05, 3.63) is 65.5 Å². The number of unbranched alkanes of at least 4 members (excludes halogenated alkanes) is 1. The first-order valence-corrected chi connectivity index (χ1v) is 23.9. The molecule has 5 atom stereocenters. The smallest absolute Gasteiger partial charge is 0.271 e. The highest BCUT2D eigenvalue weighted by molar-refractivity contribution is 7.16. The van der Waals surface area contributed by atoms with Crippen molar-refractivity contribution in [3.8, 4) is 46.3 Å². The summed E-state index contributed by atoms with van der Waals surface area (Å²) in [5.74, 6) is 0.194. The van der Waals surface area contributed by atoms with Crippen molar-refractivity contribution in [1.29, 1.82) is 21.0 Å². The summed E-state index contributed by atoms with van der Waals surface area (Å²) in [6.07, 6.45) is 5.39. The van der Waals surface area contributed by atoms with Crippen LogP contribution >= 0.6 is 11.3 Å². The quantitative estimate of drug-likeness (QED) is 0.0928. The molecule has 0 saturated heterocycles. The van der Waals surface area contributed by atoms with Gasteiger partial charge in [-0.25, -0.2) is 0 Å². The van der Waals surface area contributed by atoms with Crippen molar-refractivity contribution in [3.63, 3.8) is 0 Å². The number of hydrogen-bond acceptors (Lipinski definition) is 17. The Labute approximate surface area is 402 Å². The van der Waals surface area contributed by atoms with Crippen LogP contribution in [0.1, 0.15) is 146 Å². The first kappa shape index (κ1) is 48.1. The molecule has 5 aromatic rings. The fourth-order valence-electron chi connectivity index (χ4n) is 10.4. The van der Waals surface area contributed by atoms with Crippen LogP contribution in [0.4, 0.5) is 23.0 Å². The third kappa shape index (κ3) is 7.42. The largest absolute Gasteiger partial charge is 0.493 e. The fourth-order valence-corrected chi connectivity index (χ4v) is 11.1. The Kier molecular flexibility index (Phi) is 11.9. The van der Waals surface area contributed by atoms with E-state index in [0.717, 1.165) is 54.4 Å². The molecule has 0 radical (unpaired) electrons. The molecule has 0 aliphatic heterocycles. The molecule has 5 unspecified atom stereocenters. The topological polar surface area (TPSA) is 290 Å². The van der Waals surface area contributed by atoms with Crippen LogP contribution in [0.15, 0.2) is 30.0 Å². The number of aromatic hydroxyl groups is 2. The zero-order valence-electron chi connectivity index (χ0n) is 40.7. The minimum absolute atomic E-state index is 0.0448. The molecule has 2 N–H and O–H groups in total. The zero-order valence-corrected chi connectivity index (χ0v) is 41.5. The van der Waals surface area contributed by atoms with Crippen molar-refractivity contribution in [2.24, 2.45) is 49.0 Å². The highest BCUT2D eigenvalue weighted by Crippen LogP contribution is 3.07. The van der Waals surface area contributed by atoms with Gasteiger partial charge < -0.3 is 10.2 Å². The molecule has 3 aliphatic rings. The molecule has 5 heterocycles. The lowest BCUT2D eigenvalue weighted by Crippen LogP contribution is -2.30. The number of nitrogens with zero attached hydrogens (tertiary/aromatic N) is 16. The van der Waals surface area contributed by atoms with Gasteiger partial charge in [0.25, 0.3) is 11.1 Å². The molecule has 356 valence electrons. The van der Waals surface area contributed by atoms with E-state index >= 15 is 0 Å². The SMILES string of the molecule is CCCCC(CC)Cn1c(O)c(N=Nc2c(C#N)c(C(C)(C)C)nn2-c2nnc(-n3nc(C(C)(C)C)c(C#N)c3N=Nc3c(C)c(C#N)c(=O)n(CC4(CC)C5C6CC654)c3O)s2)c(C)c(C#N)c1=O. The van der Waals surface area contributed by atoms with E-state index in [1.807, 2.05) is 60.6 Å². The fraction of sp³-hybridized carbons (Fsp3) is 0.542. The van der Waals surface area contributed by atoms with Gasteiger partial charge in [0, 0.05) is 35.0 Å². The van der Waals surface area contributed by atoms with Crippen LogP contribution in [-0.2, 0) is 23.9 Å². The molecule has 0 bridgehead atoms. The van der Waals surface area contributed by atoms with E-state index in [-0.39, 0.29) is 96.5 Å². The number of azo groups is 2. The second-order valence-corrected chi connectivity index (χ2v) is 21.5. The number of pyridine rings is 2. The Bertz CT molecular complexity index is 3330. The first-order chi connectivity index (χ1) is 32.6. The maximum absolute atomic E-state index is 13.7. The van der Waals surface area contributed by atoms with Gasteiger partial charge in [-0.2, -0.15) is 40.6 Å². The monoisotopic (exact) mass is 950 g/mol. The normalized spacial score (nSPS) is 20.6. The van der Waals surface area contributed by atoms with E-state index in [2.05, 4.69) is 56.6 Å². The molecule has 20 nitrogen and oxygen atoms in total. The molecule has 3 fully saturated rings. The maximum Gasteiger partial charge on any atom is 0.271 e. The maximum atomic E-state index is 13.7. The third-order valence-corrected chi connectivity index (χ3v) is 15.4. The average molecular weight is 951 g/mol. The molecule has 0 aromatic carbocycles. The number of aromatic nitrogens is 8. The molecule has 21 heteroatoms. The summed E-state index contributed by atoms with van der Waals surface area (Å²) in [5.41, 5.74) is -2.11. The number of hydrogen-bond donors (Lipinski definition) is 2. The number of fused-ring (bicyclic) bond motifs is 1. The van der Waals surface area contributed by atoms with Crippen molar-refractivity contribution in [2.45, 2.75) is 139 Å². The van der Waals surface area contributed by atoms with Gasteiger partial charge in [0.1, 0.15) is 46.5 Å². The van der Waals surface area contributed by atoms with Gasteiger partial charge in [0.15, 0.2) is 23.0 Å². The molecule has 0 amide bonds. The van der Waals surface area contributed by atoms with E-state index in [0.29, 0.717) is 23.2 Å². The van der Waals surface area contributed by atoms with Crippen LogP contribution in [0.3, 0.4) is 0 Å². The molecule has 5 aromatic heterocycles. The summed E-state index contributed by atoms with van der Waals surface area (Å²) in [7, 11) is 0. The first-order valence-electron chi connectivity index (χ1n) is 23.1. The highest BCUT2D eigenvalue weighted by atomic mass is 32.1. The molecular weight excluding hydrogens is 897 g/mol. The summed E-state index contributed by atoms with van der Waals surface area (Å²) >= 11 is 0.951. The van der Waals surface area contributed by atoms with Gasteiger partial charge in [-0.05, 0) is 61.7 Å². The Hall–Kier alpha value is -7.36. The van der Waals surface area contributed by atoms with Crippen molar-refractivity contribution < 1.29 is 10.2 Å². The van der Waals surface area contributed by atoms with E-state index in [1.165, 1.54) is 27.8 Å². The number of nitriles is 4. The van der Waals surface area contributed by atoms with Gasteiger partial charge in [0.2, 0.25) is 22.0 Å². The summed E-state index contributed by atoms with van der Waals surface area (Å²) in [6.45, 7) is 20.8. The lowest BCUT2D eigenvalue weighted by Gasteiger charge is -2.23. The van der Waals surface area contributed by atoms with Crippen LogP contribution < -0.4 is 11.1 Å². The van der Waals surface area contributed by atoms with Crippen LogP contribution in [0.2, 0.25) is 0 Å². The van der Waals surface area contributed by atoms with Crippen LogP contribution in [0.5, 0.6) is 11.8 Å². The summed E-state index contributed by atoms with van der Waals surface area (Å²) < 4.78 is 4.95. The molecular formula is C48H54N16O4S. The van der Waals surface area contributed by atoms with Gasteiger partial charge >= 0.3 is 0 Å². The van der Waals surface area contributed by atoms with E-state index in [1.54, 1.807) is 0 Å². The molecule has 1 spiro atoms. The predicted molar refractivity (Wildman–Crippen MR) is 253 cm³/mol. The van der Waals surface area contributed by atoms with E-state index in [9.17, 15) is 40.8 Å². The average Bonchev–Trinajstić information content (AvgIpc) is 4.08. The summed E-state index contributed by atoms with van der Waals surface area (Å²) in [5, 5.41) is 101. The highest BCUT2D eigenvalue weighted by Gasteiger charge is 3.03.